The molecule has 0 spiro atoms. The van der Waals surface area contributed by atoms with Crippen molar-refractivity contribution in [2.75, 3.05) is 14.2 Å². The van der Waals surface area contributed by atoms with E-state index < -0.39 is 0 Å². The fourth-order valence-electron chi connectivity index (χ4n) is 2.24. The topological polar surface area (TPSA) is 22.9 Å². The molecule has 0 aliphatic carbocycles. The predicted octanol–water partition coefficient (Wildman–Crippen LogP) is 3.62. The summed E-state index contributed by atoms with van der Waals surface area (Å²) in [5, 5.41) is 0. The van der Waals surface area contributed by atoms with Crippen molar-refractivity contribution in [3.05, 3.63) is 54.9 Å². The Balaban J connectivity index is 2.19. The molecule has 2 heterocycles. The minimum atomic E-state index is 0.825. The molecule has 19 heavy (non-hydrogen) atoms. The van der Waals surface area contributed by atoms with Crippen LogP contribution in [0.5, 0.6) is 11.5 Å². The second-order valence-corrected chi connectivity index (χ2v) is 4.33. The van der Waals surface area contributed by atoms with Crippen molar-refractivity contribution in [2.45, 2.75) is 0 Å². The average Bonchev–Trinajstić information content (AvgIpc) is 2.90. The van der Waals surface area contributed by atoms with Gasteiger partial charge in [0.1, 0.15) is 11.5 Å². The highest BCUT2D eigenvalue weighted by Gasteiger charge is 2.09. The first kappa shape index (κ1) is 11.7. The molecule has 0 aliphatic rings. The first-order valence-electron chi connectivity index (χ1n) is 6.11. The van der Waals surface area contributed by atoms with Gasteiger partial charge in [-0.25, -0.2) is 0 Å². The predicted molar refractivity (Wildman–Crippen MR) is 75.9 cm³/mol. The van der Waals surface area contributed by atoms with Crippen LogP contribution in [0.15, 0.2) is 54.9 Å². The van der Waals surface area contributed by atoms with Gasteiger partial charge >= 0.3 is 0 Å². The molecule has 0 aliphatic heterocycles. The first-order valence-corrected chi connectivity index (χ1v) is 6.11. The lowest BCUT2D eigenvalue weighted by atomic mass is 10.1. The van der Waals surface area contributed by atoms with E-state index in [0.29, 0.717) is 0 Å². The van der Waals surface area contributed by atoms with E-state index >= 15 is 0 Å². The van der Waals surface area contributed by atoms with Gasteiger partial charge in [-0.3, -0.25) is 0 Å². The van der Waals surface area contributed by atoms with Crippen molar-refractivity contribution in [1.29, 1.82) is 0 Å². The van der Waals surface area contributed by atoms with Gasteiger partial charge in [0, 0.05) is 29.0 Å². The number of rotatable bonds is 3. The van der Waals surface area contributed by atoms with Crippen molar-refractivity contribution >= 4 is 5.52 Å². The van der Waals surface area contributed by atoms with Crippen molar-refractivity contribution in [3.63, 3.8) is 0 Å². The Morgan fingerprint density at radius 3 is 2.58 bits per heavy atom. The number of hydrogen-bond acceptors (Lipinski definition) is 2. The van der Waals surface area contributed by atoms with E-state index in [1.807, 2.05) is 36.5 Å². The number of hydrogen-bond donors (Lipinski definition) is 0. The van der Waals surface area contributed by atoms with Crippen molar-refractivity contribution in [3.8, 4) is 22.6 Å². The van der Waals surface area contributed by atoms with Gasteiger partial charge in [-0.2, -0.15) is 0 Å². The Morgan fingerprint density at radius 2 is 1.84 bits per heavy atom. The Labute approximate surface area is 112 Å². The quantitative estimate of drug-likeness (QED) is 0.711. The lowest BCUT2D eigenvalue weighted by Crippen LogP contribution is -1.89. The summed E-state index contributed by atoms with van der Waals surface area (Å²) in [6, 6.07) is 14.1. The molecule has 1 aromatic carbocycles. The molecule has 3 rings (SSSR count). The van der Waals surface area contributed by atoms with Crippen molar-refractivity contribution in [2.24, 2.45) is 0 Å². The zero-order chi connectivity index (χ0) is 13.2. The highest BCUT2D eigenvalue weighted by molar-refractivity contribution is 5.76. The van der Waals surface area contributed by atoms with Crippen LogP contribution in [0.2, 0.25) is 0 Å². The molecular formula is C16H15NO2. The van der Waals surface area contributed by atoms with Crippen LogP contribution in [0.1, 0.15) is 0 Å². The number of methoxy groups -OCH3 is 2. The molecule has 3 heteroatoms. The Hall–Kier alpha value is -2.42. The summed E-state index contributed by atoms with van der Waals surface area (Å²) in [6.07, 6.45) is 4.12. The van der Waals surface area contributed by atoms with Crippen molar-refractivity contribution < 1.29 is 9.47 Å². The highest BCUT2D eigenvalue weighted by Crippen LogP contribution is 2.34. The zero-order valence-electron chi connectivity index (χ0n) is 11.0. The third-order valence-electron chi connectivity index (χ3n) is 3.22. The van der Waals surface area contributed by atoms with Gasteiger partial charge in [0.2, 0.25) is 0 Å². The van der Waals surface area contributed by atoms with Gasteiger partial charge in [-0.05, 0) is 36.4 Å². The van der Waals surface area contributed by atoms with Gasteiger partial charge in [0.15, 0.2) is 0 Å². The maximum atomic E-state index is 5.43. The summed E-state index contributed by atoms with van der Waals surface area (Å²) >= 11 is 0. The molecule has 0 radical (unpaired) electrons. The summed E-state index contributed by atoms with van der Waals surface area (Å²) in [6.45, 7) is 0. The number of ether oxygens (including phenoxy) is 2. The van der Waals surface area contributed by atoms with Gasteiger partial charge in [-0.1, -0.05) is 6.07 Å². The minimum absolute atomic E-state index is 0.825. The Kier molecular flexibility index (Phi) is 2.88. The standard InChI is InChI=1S/C16H15NO2/c1-18-14-6-7-16(19-2)15(10-14)12-9-13-5-3-4-8-17(13)11-12/h3-11H,1-2H3. The smallest absolute Gasteiger partial charge is 0.127 e. The van der Waals surface area contributed by atoms with Gasteiger partial charge in [0.25, 0.3) is 0 Å². The summed E-state index contributed by atoms with van der Waals surface area (Å²) in [4.78, 5) is 0. The van der Waals surface area contributed by atoms with E-state index in [1.165, 1.54) is 0 Å². The summed E-state index contributed by atoms with van der Waals surface area (Å²) in [5.74, 6) is 1.67. The molecule has 0 saturated heterocycles. The lowest BCUT2D eigenvalue weighted by Gasteiger charge is -2.08. The van der Waals surface area contributed by atoms with E-state index in [4.69, 9.17) is 9.47 Å². The average molecular weight is 253 g/mol. The number of aromatic nitrogens is 1. The Morgan fingerprint density at radius 1 is 0.947 bits per heavy atom. The highest BCUT2D eigenvalue weighted by atomic mass is 16.5. The number of benzene rings is 1. The third kappa shape index (κ3) is 2.03. The van der Waals surface area contributed by atoms with Crippen LogP contribution in [0.4, 0.5) is 0 Å². The van der Waals surface area contributed by atoms with E-state index in [-0.39, 0.29) is 0 Å². The Bertz CT molecular complexity index is 683. The molecule has 0 saturated carbocycles. The fraction of sp³-hybridized carbons (Fsp3) is 0.125. The molecule has 0 atom stereocenters. The molecule has 96 valence electrons. The molecule has 2 aromatic heterocycles. The molecule has 0 unspecified atom stereocenters. The second kappa shape index (κ2) is 4.69. The molecule has 0 bridgehead atoms. The van der Waals surface area contributed by atoms with Crippen LogP contribution in [-0.4, -0.2) is 18.6 Å². The maximum Gasteiger partial charge on any atom is 0.127 e. The molecular weight excluding hydrogens is 238 g/mol. The minimum Gasteiger partial charge on any atom is -0.497 e. The third-order valence-corrected chi connectivity index (χ3v) is 3.22. The van der Waals surface area contributed by atoms with Crippen LogP contribution in [0, 0.1) is 0 Å². The normalized spacial score (nSPS) is 10.6. The SMILES string of the molecule is COc1ccc(OC)c(-c2cc3ccccn3c2)c1. The molecule has 3 nitrogen and oxygen atoms in total. The maximum absolute atomic E-state index is 5.43. The number of fused-ring (bicyclic) bond motifs is 1. The number of nitrogens with zero attached hydrogens (tertiary/aromatic N) is 1. The molecule has 0 fully saturated rings. The zero-order valence-corrected chi connectivity index (χ0v) is 11.0. The van der Waals surface area contributed by atoms with Crippen molar-refractivity contribution in [1.82, 2.24) is 4.40 Å². The van der Waals surface area contributed by atoms with Crippen LogP contribution < -0.4 is 9.47 Å². The van der Waals surface area contributed by atoms with E-state index in [1.54, 1.807) is 14.2 Å². The van der Waals surface area contributed by atoms with Crippen LogP contribution in [0.3, 0.4) is 0 Å². The summed E-state index contributed by atoms with van der Waals surface area (Å²) in [7, 11) is 3.35. The van der Waals surface area contributed by atoms with E-state index in [2.05, 4.69) is 22.7 Å². The lowest BCUT2D eigenvalue weighted by molar-refractivity contribution is 0.404. The van der Waals surface area contributed by atoms with Gasteiger partial charge in [0.05, 0.1) is 14.2 Å². The van der Waals surface area contributed by atoms with Crippen LogP contribution in [0.25, 0.3) is 16.6 Å². The van der Waals surface area contributed by atoms with E-state index in [9.17, 15) is 0 Å². The van der Waals surface area contributed by atoms with Crippen LogP contribution in [-0.2, 0) is 0 Å². The molecule has 0 N–H and O–H groups in total. The summed E-state index contributed by atoms with van der Waals surface area (Å²) in [5.41, 5.74) is 3.30. The summed E-state index contributed by atoms with van der Waals surface area (Å²) < 4.78 is 12.8. The molecule has 3 aromatic rings. The largest absolute Gasteiger partial charge is 0.497 e. The first-order chi connectivity index (χ1) is 9.31. The fourth-order valence-corrected chi connectivity index (χ4v) is 2.24. The molecule has 0 amide bonds. The monoisotopic (exact) mass is 253 g/mol. The van der Waals surface area contributed by atoms with Gasteiger partial charge in [-0.15, -0.1) is 0 Å². The van der Waals surface area contributed by atoms with Gasteiger partial charge < -0.3 is 13.9 Å². The van der Waals surface area contributed by atoms with E-state index in [0.717, 1.165) is 28.1 Å². The number of pyridine rings is 1. The van der Waals surface area contributed by atoms with Crippen LogP contribution >= 0.6 is 0 Å². The second-order valence-electron chi connectivity index (χ2n) is 4.33.